The number of rotatable bonds is 6. The summed E-state index contributed by atoms with van der Waals surface area (Å²) < 4.78 is 66.0. The molecule has 2 N–H and O–H groups in total. The monoisotopic (exact) mass is 391 g/mol. The van der Waals surface area contributed by atoms with Crippen molar-refractivity contribution >= 4 is 11.9 Å². The Bertz CT molecular complexity index is 848. The molecule has 1 aromatic carbocycles. The smallest absolute Gasteiger partial charge is 0.434 e. The molecular formula is C16H14F5N3O3. The molecule has 1 aromatic heterocycles. The van der Waals surface area contributed by atoms with Crippen LogP contribution in [0.15, 0.2) is 30.5 Å². The van der Waals surface area contributed by atoms with E-state index in [4.69, 9.17) is 5.11 Å². The largest absolute Gasteiger partial charge is 0.480 e. The first kappa shape index (κ1) is 20.3. The number of benzene rings is 1. The summed E-state index contributed by atoms with van der Waals surface area (Å²) in [5.74, 6) is -3.25. The molecule has 2 rings (SSSR count). The number of carboxylic acids is 1. The predicted octanol–water partition coefficient (Wildman–Crippen LogP) is 3.04. The number of carbonyl (C=O) groups excluding carboxylic acids is 1. The van der Waals surface area contributed by atoms with E-state index in [0.29, 0.717) is 16.4 Å². The van der Waals surface area contributed by atoms with Crippen LogP contribution in [0.3, 0.4) is 0 Å². The summed E-state index contributed by atoms with van der Waals surface area (Å²) in [6.45, 7) is 1.54. The van der Waals surface area contributed by atoms with Gasteiger partial charge in [0.15, 0.2) is 5.69 Å². The molecule has 0 saturated carbocycles. The summed E-state index contributed by atoms with van der Waals surface area (Å²) in [4.78, 5) is 23.1. The number of nitrogens with zero attached hydrogens (tertiary/aromatic N) is 2. The van der Waals surface area contributed by atoms with Crippen LogP contribution in [0.2, 0.25) is 0 Å². The molecule has 0 radical (unpaired) electrons. The highest BCUT2D eigenvalue weighted by Crippen LogP contribution is 2.34. The fourth-order valence-corrected chi connectivity index (χ4v) is 2.41. The van der Waals surface area contributed by atoms with Crippen LogP contribution in [0.4, 0.5) is 22.0 Å². The average molecular weight is 391 g/mol. The molecule has 146 valence electrons. The molecule has 1 amide bonds. The lowest BCUT2D eigenvalue weighted by atomic mass is 10.1. The van der Waals surface area contributed by atoms with Gasteiger partial charge in [0.05, 0.1) is 17.4 Å². The van der Waals surface area contributed by atoms with Gasteiger partial charge < -0.3 is 10.4 Å². The van der Waals surface area contributed by atoms with E-state index in [0.717, 1.165) is 0 Å². The second kappa shape index (κ2) is 7.72. The quantitative estimate of drug-likeness (QED) is 0.742. The Labute approximate surface area is 149 Å². The van der Waals surface area contributed by atoms with Crippen LogP contribution in [0.5, 0.6) is 0 Å². The maximum atomic E-state index is 13.5. The van der Waals surface area contributed by atoms with Gasteiger partial charge in [0.1, 0.15) is 6.04 Å². The summed E-state index contributed by atoms with van der Waals surface area (Å²) in [6, 6.07) is 3.94. The third kappa shape index (κ3) is 4.60. The molecular weight excluding hydrogens is 377 g/mol. The van der Waals surface area contributed by atoms with Gasteiger partial charge in [0, 0.05) is 6.42 Å². The number of hydrogen-bond donors (Lipinski definition) is 2. The van der Waals surface area contributed by atoms with E-state index in [1.165, 1.54) is 12.1 Å². The number of aliphatic carboxylic acids is 1. The van der Waals surface area contributed by atoms with Crippen LogP contribution in [0.25, 0.3) is 5.69 Å². The van der Waals surface area contributed by atoms with Crippen molar-refractivity contribution in [1.29, 1.82) is 0 Å². The van der Waals surface area contributed by atoms with Crippen LogP contribution in [0, 0.1) is 6.92 Å². The van der Waals surface area contributed by atoms with Crippen LogP contribution >= 0.6 is 0 Å². The van der Waals surface area contributed by atoms with Crippen molar-refractivity contribution in [2.24, 2.45) is 0 Å². The number of para-hydroxylation sites is 1. The van der Waals surface area contributed by atoms with Crippen LogP contribution < -0.4 is 5.32 Å². The normalized spacial score (nSPS) is 12.9. The highest BCUT2D eigenvalue weighted by molar-refractivity contribution is 5.97. The molecule has 1 unspecified atom stereocenters. The summed E-state index contributed by atoms with van der Waals surface area (Å²) in [5, 5.41) is 14.1. The minimum Gasteiger partial charge on any atom is -0.480 e. The van der Waals surface area contributed by atoms with Crippen molar-refractivity contribution in [2.75, 3.05) is 0 Å². The average Bonchev–Trinajstić information content (AvgIpc) is 2.99. The molecule has 0 spiro atoms. The Hall–Kier alpha value is -2.98. The van der Waals surface area contributed by atoms with Crippen LogP contribution in [-0.2, 0) is 11.0 Å². The first-order valence-corrected chi connectivity index (χ1v) is 7.55. The number of alkyl halides is 5. The fraction of sp³-hybridized carbons (Fsp3) is 0.312. The topological polar surface area (TPSA) is 84.2 Å². The molecule has 0 saturated heterocycles. The molecule has 0 aliphatic rings. The van der Waals surface area contributed by atoms with Crippen molar-refractivity contribution < 1.29 is 36.6 Å². The van der Waals surface area contributed by atoms with E-state index < -0.39 is 48.2 Å². The number of aromatic nitrogens is 2. The zero-order chi connectivity index (χ0) is 20.4. The van der Waals surface area contributed by atoms with Crippen molar-refractivity contribution in [3.8, 4) is 5.69 Å². The Morgan fingerprint density at radius 2 is 1.89 bits per heavy atom. The standard InChI is InChI=1S/C16H14F5N3O3/c1-8-4-2-3-5-11(8)24-13(16(19,20)21)9(7-22-24)14(25)23-10(15(26)27)6-12(17)18/h2-5,7,10,12H,6H2,1H3,(H,23,25)(H,26,27). The third-order valence-corrected chi connectivity index (χ3v) is 3.64. The minimum absolute atomic E-state index is 0.0613. The lowest BCUT2D eigenvalue weighted by molar-refractivity contribution is -0.143. The zero-order valence-electron chi connectivity index (χ0n) is 13.8. The van der Waals surface area contributed by atoms with Gasteiger partial charge >= 0.3 is 12.1 Å². The van der Waals surface area contributed by atoms with E-state index in [9.17, 15) is 31.5 Å². The maximum absolute atomic E-state index is 13.5. The molecule has 1 atom stereocenters. The van der Waals surface area contributed by atoms with Gasteiger partial charge in [-0.3, -0.25) is 4.79 Å². The second-order valence-electron chi connectivity index (χ2n) is 5.59. The van der Waals surface area contributed by atoms with E-state index in [-0.39, 0.29) is 5.69 Å². The Morgan fingerprint density at radius 3 is 2.41 bits per heavy atom. The molecule has 2 aromatic rings. The first-order chi connectivity index (χ1) is 12.5. The summed E-state index contributed by atoms with van der Waals surface area (Å²) in [7, 11) is 0. The number of hydrogen-bond acceptors (Lipinski definition) is 3. The lowest BCUT2D eigenvalue weighted by Crippen LogP contribution is -2.42. The Morgan fingerprint density at radius 1 is 1.26 bits per heavy atom. The lowest BCUT2D eigenvalue weighted by Gasteiger charge is -2.16. The Balaban J connectivity index is 2.47. The molecule has 0 bridgehead atoms. The van der Waals surface area contributed by atoms with Crippen molar-refractivity contribution in [2.45, 2.75) is 32.0 Å². The van der Waals surface area contributed by atoms with Gasteiger partial charge in [0.25, 0.3) is 5.91 Å². The van der Waals surface area contributed by atoms with Gasteiger partial charge in [-0.15, -0.1) is 0 Å². The van der Waals surface area contributed by atoms with E-state index in [1.54, 1.807) is 24.4 Å². The zero-order valence-corrected chi connectivity index (χ0v) is 13.8. The molecule has 27 heavy (non-hydrogen) atoms. The minimum atomic E-state index is -5.01. The van der Waals surface area contributed by atoms with Crippen molar-refractivity contribution in [3.63, 3.8) is 0 Å². The maximum Gasteiger partial charge on any atom is 0.434 e. The molecule has 1 heterocycles. The predicted molar refractivity (Wildman–Crippen MR) is 82.8 cm³/mol. The molecule has 0 fully saturated rings. The fourth-order valence-electron chi connectivity index (χ4n) is 2.41. The number of carboxylic acid groups (broad SMARTS) is 1. The molecule has 11 heteroatoms. The second-order valence-corrected chi connectivity index (χ2v) is 5.59. The molecule has 6 nitrogen and oxygen atoms in total. The summed E-state index contributed by atoms with van der Waals surface area (Å²) >= 11 is 0. The van der Waals surface area contributed by atoms with E-state index in [1.807, 2.05) is 0 Å². The highest BCUT2D eigenvalue weighted by atomic mass is 19.4. The number of amides is 1. The Kier molecular flexibility index (Phi) is 5.82. The SMILES string of the molecule is Cc1ccccc1-n1ncc(C(=O)NC(CC(F)F)C(=O)O)c1C(F)(F)F. The van der Waals surface area contributed by atoms with Gasteiger partial charge in [-0.1, -0.05) is 18.2 Å². The number of carbonyl (C=O) groups is 2. The number of halogens is 5. The summed E-state index contributed by atoms with van der Waals surface area (Å²) in [6.07, 6.45) is -8.70. The molecule has 0 aliphatic carbocycles. The van der Waals surface area contributed by atoms with Gasteiger partial charge in [-0.2, -0.15) is 18.3 Å². The van der Waals surface area contributed by atoms with Crippen LogP contribution in [0.1, 0.15) is 28.0 Å². The summed E-state index contributed by atoms with van der Waals surface area (Å²) in [5.41, 5.74) is -1.90. The van der Waals surface area contributed by atoms with E-state index in [2.05, 4.69) is 5.10 Å². The van der Waals surface area contributed by atoms with Crippen molar-refractivity contribution in [3.05, 3.63) is 47.3 Å². The third-order valence-electron chi connectivity index (χ3n) is 3.64. The van der Waals surface area contributed by atoms with Gasteiger partial charge in [-0.25, -0.2) is 18.3 Å². The van der Waals surface area contributed by atoms with Crippen LogP contribution in [-0.4, -0.2) is 39.2 Å². The van der Waals surface area contributed by atoms with Gasteiger partial charge in [0.2, 0.25) is 6.43 Å². The van der Waals surface area contributed by atoms with Crippen molar-refractivity contribution in [1.82, 2.24) is 15.1 Å². The van der Waals surface area contributed by atoms with Gasteiger partial charge in [-0.05, 0) is 18.6 Å². The first-order valence-electron chi connectivity index (χ1n) is 7.55. The molecule has 0 aliphatic heterocycles. The number of aryl methyl sites for hydroxylation is 1. The highest BCUT2D eigenvalue weighted by Gasteiger charge is 2.41. The number of nitrogens with one attached hydrogen (secondary N) is 1. The van der Waals surface area contributed by atoms with E-state index >= 15 is 0 Å².